The van der Waals surface area contributed by atoms with Crippen LogP contribution in [0.2, 0.25) is 0 Å². The lowest BCUT2D eigenvalue weighted by Crippen LogP contribution is -2.44. The second-order valence-electron chi connectivity index (χ2n) is 6.50. The maximum absolute atomic E-state index is 5.40. The molecule has 5 nitrogen and oxygen atoms in total. The van der Waals surface area contributed by atoms with Gasteiger partial charge in [0.15, 0.2) is 5.82 Å². The Bertz CT molecular complexity index is 624. The number of hydrogen-bond acceptors (Lipinski definition) is 5. The van der Waals surface area contributed by atoms with E-state index >= 15 is 0 Å². The average molecular weight is 298 g/mol. The quantitative estimate of drug-likeness (QED) is 0.867. The molecule has 1 aromatic carbocycles. The lowest BCUT2D eigenvalue weighted by molar-refractivity contribution is 0.313. The first kappa shape index (κ1) is 13.8. The van der Waals surface area contributed by atoms with Crippen LogP contribution in [0.15, 0.2) is 28.8 Å². The number of hydrogen-bond donors (Lipinski definition) is 0. The van der Waals surface area contributed by atoms with Crippen molar-refractivity contribution in [2.75, 3.05) is 38.1 Å². The van der Waals surface area contributed by atoms with Crippen molar-refractivity contribution >= 4 is 5.69 Å². The third-order valence-corrected chi connectivity index (χ3v) is 4.62. The van der Waals surface area contributed by atoms with E-state index in [1.54, 1.807) is 0 Å². The molecule has 0 atom stereocenters. The Balaban J connectivity index is 1.45. The fraction of sp³-hybridized carbons (Fsp3) is 0.529. The van der Waals surface area contributed by atoms with Gasteiger partial charge in [-0.3, -0.25) is 0 Å². The van der Waals surface area contributed by atoms with Crippen molar-refractivity contribution < 1.29 is 4.52 Å². The van der Waals surface area contributed by atoms with Crippen LogP contribution in [0.1, 0.15) is 18.7 Å². The maximum Gasteiger partial charge on any atom is 0.257 e. The van der Waals surface area contributed by atoms with Gasteiger partial charge in [0.2, 0.25) is 0 Å². The predicted molar refractivity (Wildman–Crippen MR) is 85.9 cm³/mol. The summed E-state index contributed by atoms with van der Waals surface area (Å²) in [5.74, 6) is 2.27. The zero-order chi connectivity index (χ0) is 14.9. The van der Waals surface area contributed by atoms with Gasteiger partial charge in [-0.25, -0.2) is 0 Å². The van der Waals surface area contributed by atoms with Crippen LogP contribution in [0.4, 0.5) is 5.69 Å². The first-order valence-corrected chi connectivity index (χ1v) is 8.14. The highest BCUT2D eigenvalue weighted by molar-refractivity contribution is 5.59. The number of rotatable bonds is 4. The zero-order valence-corrected chi connectivity index (χ0v) is 13.0. The van der Waals surface area contributed by atoms with Crippen molar-refractivity contribution in [3.63, 3.8) is 0 Å². The van der Waals surface area contributed by atoms with E-state index in [-0.39, 0.29) is 0 Å². The molecule has 2 aromatic rings. The molecule has 22 heavy (non-hydrogen) atoms. The van der Waals surface area contributed by atoms with E-state index in [9.17, 15) is 0 Å². The Labute approximate surface area is 130 Å². The first-order valence-electron chi connectivity index (χ1n) is 8.14. The van der Waals surface area contributed by atoms with E-state index in [1.165, 1.54) is 18.5 Å². The Kier molecular flexibility index (Phi) is 3.58. The van der Waals surface area contributed by atoms with Gasteiger partial charge in [-0.1, -0.05) is 5.16 Å². The number of aromatic nitrogens is 2. The van der Waals surface area contributed by atoms with Crippen molar-refractivity contribution in [2.24, 2.45) is 5.92 Å². The SMILES string of the molecule is CN1CCN(c2ccc(-c3nc(CC4CC4)no3)cc2)CC1. The summed E-state index contributed by atoms with van der Waals surface area (Å²) in [6.45, 7) is 4.41. The Morgan fingerprint density at radius 2 is 1.82 bits per heavy atom. The molecular weight excluding hydrogens is 276 g/mol. The van der Waals surface area contributed by atoms with Crippen LogP contribution in [0.25, 0.3) is 11.5 Å². The van der Waals surface area contributed by atoms with Crippen LogP contribution < -0.4 is 4.90 Å². The van der Waals surface area contributed by atoms with Crippen LogP contribution >= 0.6 is 0 Å². The van der Waals surface area contributed by atoms with E-state index in [0.717, 1.165) is 49.9 Å². The topological polar surface area (TPSA) is 45.4 Å². The molecule has 0 N–H and O–H groups in total. The van der Waals surface area contributed by atoms with Crippen molar-refractivity contribution in [2.45, 2.75) is 19.3 Å². The minimum absolute atomic E-state index is 0.639. The molecule has 1 aliphatic carbocycles. The molecule has 4 rings (SSSR count). The van der Waals surface area contributed by atoms with Gasteiger partial charge in [0.1, 0.15) is 0 Å². The standard InChI is InChI=1S/C17H22N4O/c1-20-8-10-21(11-9-20)15-6-4-14(5-7-15)17-18-16(19-22-17)12-13-2-3-13/h4-7,13H,2-3,8-12H2,1H3. The molecule has 116 valence electrons. The van der Waals surface area contributed by atoms with E-state index in [0.29, 0.717) is 5.89 Å². The highest BCUT2D eigenvalue weighted by Gasteiger charge is 2.24. The highest BCUT2D eigenvalue weighted by Crippen LogP contribution is 2.32. The zero-order valence-electron chi connectivity index (χ0n) is 13.0. The van der Waals surface area contributed by atoms with Gasteiger partial charge >= 0.3 is 0 Å². The van der Waals surface area contributed by atoms with Crippen LogP contribution in [-0.2, 0) is 6.42 Å². The molecular formula is C17H22N4O. The van der Waals surface area contributed by atoms with Gasteiger partial charge in [0, 0.05) is 43.9 Å². The van der Waals surface area contributed by atoms with Crippen molar-refractivity contribution in [1.29, 1.82) is 0 Å². The summed E-state index contributed by atoms with van der Waals surface area (Å²) in [6, 6.07) is 8.49. The molecule has 0 bridgehead atoms. The van der Waals surface area contributed by atoms with E-state index in [4.69, 9.17) is 4.52 Å². The maximum atomic E-state index is 5.40. The summed E-state index contributed by atoms with van der Waals surface area (Å²) in [6.07, 6.45) is 3.58. The smallest absolute Gasteiger partial charge is 0.257 e. The first-order chi connectivity index (χ1) is 10.8. The Morgan fingerprint density at radius 3 is 2.50 bits per heavy atom. The van der Waals surface area contributed by atoms with Crippen LogP contribution in [0.5, 0.6) is 0 Å². The van der Waals surface area contributed by atoms with E-state index < -0.39 is 0 Å². The fourth-order valence-electron chi connectivity index (χ4n) is 2.91. The van der Waals surface area contributed by atoms with Crippen molar-refractivity contribution in [1.82, 2.24) is 15.0 Å². The molecule has 1 aromatic heterocycles. The molecule has 0 radical (unpaired) electrons. The second-order valence-corrected chi connectivity index (χ2v) is 6.50. The van der Waals surface area contributed by atoms with Crippen LogP contribution in [0, 0.1) is 5.92 Å². The molecule has 0 unspecified atom stereocenters. The summed E-state index contributed by atoms with van der Waals surface area (Å²) in [7, 11) is 2.18. The van der Waals surface area contributed by atoms with Crippen molar-refractivity contribution in [3.8, 4) is 11.5 Å². The monoisotopic (exact) mass is 298 g/mol. The molecule has 2 heterocycles. The summed E-state index contributed by atoms with van der Waals surface area (Å²) in [5, 5.41) is 4.09. The predicted octanol–water partition coefficient (Wildman–Crippen LogP) is 2.44. The summed E-state index contributed by atoms with van der Waals surface area (Å²) >= 11 is 0. The molecule has 0 amide bonds. The minimum atomic E-state index is 0.639. The van der Waals surface area contributed by atoms with Crippen molar-refractivity contribution in [3.05, 3.63) is 30.1 Å². The molecule has 1 saturated heterocycles. The molecule has 2 aliphatic rings. The normalized spacial score (nSPS) is 19.6. The lowest BCUT2D eigenvalue weighted by Gasteiger charge is -2.34. The number of benzene rings is 1. The second kappa shape index (κ2) is 5.72. The van der Waals surface area contributed by atoms with E-state index in [1.807, 2.05) is 0 Å². The highest BCUT2D eigenvalue weighted by atomic mass is 16.5. The Hall–Kier alpha value is -1.88. The number of anilines is 1. The fourth-order valence-corrected chi connectivity index (χ4v) is 2.91. The molecule has 5 heteroatoms. The average Bonchev–Trinajstić information content (AvgIpc) is 3.24. The summed E-state index contributed by atoms with van der Waals surface area (Å²) < 4.78 is 5.40. The summed E-state index contributed by atoms with van der Waals surface area (Å²) in [5.41, 5.74) is 2.28. The van der Waals surface area contributed by atoms with Gasteiger partial charge in [0.25, 0.3) is 5.89 Å². The van der Waals surface area contributed by atoms with Gasteiger partial charge in [0.05, 0.1) is 0 Å². The van der Waals surface area contributed by atoms with Gasteiger partial charge in [-0.15, -0.1) is 0 Å². The number of likely N-dealkylation sites (N-methyl/N-ethyl adjacent to an activating group) is 1. The third-order valence-electron chi connectivity index (χ3n) is 4.62. The largest absolute Gasteiger partial charge is 0.369 e. The lowest BCUT2D eigenvalue weighted by atomic mass is 10.2. The van der Waals surface area contributed by atoms with Crippen LogP contribution in [-0.4, -0.2) is 48.3 Å². The molecule has 2 fully saturated rings. The Morgan fingerprint density at radius 1 is 1.09 bits per heavy atom. The van der Waals surface area contributed by atoms with E-state index in [2.05, 4.69) is 51.3 Å². The van der Waals surface area contributed by atoms with Gasteiger partial charge in [-0.2, -0.15) is 4.98 Å². The third kappa shape index (κ3) is 2.99. The molecule has 1 aliphatic heterocycles. The number of nitrogens with zero attached hydrogens (tertiary/aromatic N) is 4. The molecule has 0 spiro atoms. The van der Waals surface area contributed by atoms with Gasteiger partial charge < -0.3 is 14.3 Å². The van der Waals surface area contributed by atoms with Crippen LogP contribution in [0.3, 0.4) is 0 Å². The molecule has 1 saturated carbocycles. The minimum Gasteiger partial charge on any atom is -0.369 e. The summed E-state index contributed by atoms with van der Waals surface area (Å²) in [4.78, 5) is 9.31. The number of piperazine rings is 1. The van der Waals surface area contributed by atoms with Gasteiger partial charge in [-0.05, 0) is 50.1 Å².